The molecule has 3 aromatic carbocycles. The van der Waals surface area contributed by atoms with Gasteiger partial charge in [-0.3, -0.25) is 24.1 Å². The first-order valence-electron chi connectivity index (χ1n) is 15.3. The van der Waals surface area contributed by atoms with E-state index in [0.717, 1.165) is 36.5 Å². The van der Waals surface area contributed by atoms with Crippen molar-refractivity contribution >= 4 is 40.9 Å². The van der Waals surface area contributed by atoms with E-state index in [1.807, 2.05) is 31.2 Å². The molecular formula is C35H35FN6O4. The number of amides is 2. The number of hydrogen-bond acceptors (Lipinski definition) is 7. The number of rotatable bonds is 11. The van der Waals surface area contributed by atoms with Crippen molar-refractivity contribution in [3.8, 4) is 5.75 Å². The van der Waals surface area contributed by atoms with Crippen molar-refractivity contribution in [2.45, 2.75) is 31.9 Å². The molecule has 6 rings (SSSR count). The molecule has 0 radical (unpaired) electrons. The molecule has 2 aliphatic heterocycles. The number of alkyl halides is 1. The van der Waals surface area contributed by atoms with Gasteiger partial charge in [-0.15, -0.1) is 0 Å². The first-order chi connectivity index (χ1) is 22.2. The summed E-state index contributed by atoms with van der Waals surface area (Å²) in [6.45, 7) is 4.50. The molecule has 2 N–H and O–H groups in total. The Labute approximate surface area is 266 Å². The quantitative estimate of drug-likeness (QED) is 0.130. The molecule has 2 atom stereocenters. The van der Waals surface area contributed by atoms with Crippen LogP contribution in [0.5, 0.6) is 5.75 Å². The van der Waals surface area contributed by atoms with E-state index in [1.54, 1.807) is 61.8 Å². The molecule has 0 bridgehead atoms. The van der Waals surface area contributed by atoms with E-state index in [4.69, 9.17) is 4.74 Å². The maximum atomic E-state index is 13.4. The van der Waals surface area contributed by atoms with E-state index in [2.05, 4.69) is 25.6 Å². The highest BCUT2D eigenvalue weighted by atomic mass is 19.1. The summed E-state index contributed by atoms with van der Waals surface area (Å²) in [6, 6.07) is 20.8. The molecule has 1 fully saturated rings. The SMILES string of the molecule is Cc1cc(C(=O)Nc2cccc(C(=O)c3ccc4c(c3)NC(=O)C4C=Nc3ccc(OCCCN4CCC(F)C4)cc3)c2)n(C)n1. The number of aromatic nitrogens is 2. The lowest BCUT2D eigenvalue weighted by Gasteiger charge is -2.14. The topological polar surface area (TPSA) is 118 Å². The normalized spacial score (nSPS) is 17.7. The molecule has 1 aromatic heterocycles. The monoisotopic (exact) mass is 622 g/mol. The predicted molar refractivity (Wildman–Crippen MR) is 174 cm³/mol. The summed E-state index contributed by atoms with van der Waals surface area (Å²) in [4.78, 5) is 45.6. The average molecular weight is 623 g/mol. The van der Waals surface area contributed by atoms with E-state index in [-0.39, 0.29) is 17.6 Å². The second-order valence-electron chi connectivity index (χ2n) is 11.6. The second-order valence-corrected chi connectivity index (χ2v) is 11.6. The Kier molecular flexibility index (Phi) is 9.02. The van der Waals surface area contributed by atoms with E-state index in [0.29, 0.717) is 53.5 Å². The van der Waals surface area contributed by atoms with Crippen molar-refractivity contribution in [1.29, 1.82) is 0 Å². The first kappa shape index (κ1) is 30.8. The third kappa shape index (κ3) is 7.05. The molecule has 10 nitrogen and oxygen atoms in total. The minimum Gasteiger partial charge on any atom is -0.494 e. The molecule has 3 heterocycles. The molecule has 4 aromatic rings. The zero-order chi connectivity index (χ0) is 32.2. The number of ether oxygens (including phenoxy) is 1. The highest BCUT2D eigenvalue weighted by Gasteiger charge is 2.30. The summed E-state index contributed by atoms with van der Waals surface area (Å²) < 4.78 is 20.6. The predicted octanol–water partition coefficient (Wildman–Crippen LogP) is 5.46. The zero-order valence-electron chi connectivity index (χ0n) is 25.7. The van der Waals surface area contributed by atoms with Crippen LogP contribution in [-0.2, 0) is 11.8 Å². The van der Waals surface area contributed by atoms with Gasteiger partial charge >= 0.3 is 0 Å². The Hall–Kier alpha value is -5.16. The molecule has 11 heteroatoms. The van der Waals surface area contributed by atoms with Crippen LogP contribution < -0.4 is 15.4 Å². The summed E-state index contributed by atoms with van der Waals surface area (Å²) >= 11 is 0. The molecule has 1 saturated heterocycles. The number of nitrogens with zero attached hydrogens (tertiary/aromatic N) is 4. The van der Waals surface area contributed by atoms with E-state index < -0.39 is 12.1 Å². The molecule has 0 saturated carbocycles. The number of hydrogen-bond donors (Lipinski definition) is 2. The van der Waals surface area contributed by atoms with Crippen LogP contribution in [0.25, 0.3) is 0 Å². The van der Waals surface area contributed by atoms with Crippen molar-refractivity contribution in [2.75, 3.05) is 36.9 Å². The molecule has 0 spiro atoms. The van der Waals surface area contributed by atoms with Crippen LogP contribution in [0.15, 0.2) is 77.8 Å². The van der Waals surface area contributed by atoms with Crippen molar-refractivity contribution in [1.82, 2.24) is 14.7 Å². The number of carbonyl (C=O) groups excluding carboxylic acids is 3. The van der Waals surface area contributed by atoms with Gasteiger partial charge in [-0.05, 0) is 73.9 Å². The van der Waals surface area contributed by atoms with Gasteiger partial charge in [-0.2, -0.15) is 5.10 Å². The number of likely N-dealkylation sites (tertiary alicyclic amines) is 1. The van der Waals surface area contributed by atoms with Crippen molar-refractivity contribution in [2.24, 2.45) is 12.0 Å². The molecule has 2 amide bonds. The molecule has 2 aliphatic rings. The van der Waals surface area contributed by atoms with Crippen LogP contribution in [0.2, 0.25) is 0 Å². The number of aryl methyl sites for hydroxylation is 2. The summed E-state index contributed by atoms with van der Waals surface area (Å²) in [5, 5.41) is 9.89. The Morgan fingerprint density at radius 1 is 1.11 bits per heavy atom. The number of benzene rings is 3. The zero-order valence-corrected chi connectivity index (χ0v) is 25.7. The number of halogens is 1. The van der Waals surface area contributed by atoms with Gasteiger partial charge in [0.2, 0.25) is 5.91 Å². The van der Waals surface area contributed by atoms with Gasteiger partial charge in [0.05, 0.1) is 18.0 Å². The largest absolute Gasteiger partial charge is 0.494 e. The summed E-state index contributed by atoms with van der Waals surface area (Å²) in [5.41, 5.74) is 4.39. The average Bonchev–Trinajstić information content (AvgIpc) is 3.72. The van der Waals surface area contributed by atoms with E-state index >= 15 is 0 Å². The van der Waals surface area contributed by atoms with Gasteiger partial charge < -0.3 is 20.3 Å². The highest BCUT2D eigenvalue weighted by Crippen LogP contribution is 2.33. The maximum absolute atomic E-state index is 13.4. The lowest BCUT2D eigenvalue weighted by molar-refractivity contribution is -0.115. The van der Waals surface area contributed by atoms with Crippen LogP contribution in [-0.4, -0.2) is 70.9 Å². The fraction of sp³-hybridized carbons (Fsp3) is 0.286. The van der Waals surface area contributed by atoms with Gasteiger partial charge in [-0.25, -0.2) is 4.39 Å². The van der Waals surface area contributed by atoms with Gasteiger partial charge in [0.15, 0.2) is 5.78 Å². The van der Waals surface area contributed by atoms with Gasteiger partial charge in [0, 0.05) is 55.4 Å². The van der Waals surface area contributed by atoms with Crippen LogP contribution in [0, 0.1) is 6.92 Å². The van der Waals surface area contributed by atoms with Crippen molar-refractivity contribution < 1.29 is 23.5 Å². The summed E-state index contributed by atoms with van der Waals surface area (Å²) in [5.74, 6) is -0.670. The minimum absolute atomic E-state index is 0.226. The fourth-order valence-corrected chi connectivity index (χ4v) is 5.76. The number of nitrogens with one attached hydrogen (secondary N) is 2. The number of ketones is 1. The molecule has 0 aliphatic carbocycles. The minimum atomic E-state index is -0.709. The Morgan fingerprint density at radius 3 is 2.65 bits per heavy atom. The number of aliphatic imine (C=N–C) groups is 1. The third-order valence-electron chi connectivity index (χ3n) is 8.12. The molecule has 46 heavy (non-hydrogen) atoms. The fourth-order valence-electron chi connectivity index (χ4n) is 5.76. The Balaban J connectivity index is 1.06. The van der Waals surface area contributed by atoms with Crippen LogP contribution in [0.1, 0.15) is 56.4 Å². The van der Waals surface area contributed by atoms with Gasteiger partial charge in [0.25, 0.3) is 5.91 Å². The van der Waals surface area contributed by atoms with Gasteiger partial charge in [0.1, 0.15) is 23.5 Å². The standard InChI is InChI=1S/C35H35FN6O4/c1-22-17-32(41(2)40-22)35(45)38-27-6-3-5-23(18-27)33(43)24-7-12-29-30(34(44)39-31(29)19-24)20-37-26-8-10-28(11-9-26)46-16-4-14-42-15-13-25(36)21-42/h3,5-12,17-20,25,30H,4,13-16,21H2,1-2H3,(H,38,45)(H,39,44). The first-order valence-corrected chi connectivity index (χ1v) is 15.3. The number of fused-ring (bicyclic) bond motifs is 1. The number of carbonyl (C=O) groups is 3. The summed E-state index contributed by atoms with van der Waals surface area (Å²) in [7, 11) is 1.70. The molecule has 2 unspecified atom stereocenters. The van der Waals surface area contributed by atoms with Crippen molar-refractivity contribution in [3.05, 3.63) is 101 Å². The van der Waals surface area contributed by atoms with Crippen molar-refractivity contribution in [3.63, 3.8) is 0 Å². The van der Waals surface area contributed by atoms with Crippen LogP contribution >= 0.6 is 0 Å². The van der Waals surface area contributed by atoms with Crippen LogP contribution in [0.3, 0.4) is 0 Å². The Bertz CT molecular complexity index is 1800. The summed E-state index contributed by atoms with van der Waals surface area (Å²) in [6.07, 6.45) is 2.33. The highest BCUT2D eigenvalue weighted by molar-refractivity contribution is 6.15. The van der Waals surface area contributed by atoms with E-state index in [1.165, 1.54) is 4.68 Å². The smallest absolute Gasteiger partial charge is 0.273 e. The Morgan fingerprint density at radius 2 is 1.91 bits per heavy atom. The van der Waals surface area contributed by atoms with Crippen LogP contribution in [0.4, 0.5) is 21.5 Å². The maximum Gasteiger partial charge on any atom is 0.273 e. The molecular weight excluding hydrogens is 587 g/mol. The second kappa shape index (κ2) is 13.5. The van der Waals surface area contributed by atoms with Gasteiger partial charge in [-0.1, -0.05) is 24.3 Å². The molecule has 236 valence electrons. The lowest BCUT2D eigenvalue weighted by atomic mass is 9.97. The number of anilines is 2. The third-order valence-corrected chi connectivity index (χ3v) is 8.12. The lowest BCUT2D eigenvalue weighted by Crippen LogP contribution is -2.23. The van der Waals surface area contributed by atoms with E-state index in [9.17, 15) is 18.8 Å².